The number of hydrogen-bond donors (Lipinski definition) is 1. The molecular weight excluding hydrogens is 271 g/mol. The van der Waals surface area contributed by atoms with Crippen molar-refractivity contribution in [1.82, 2.24) is 9.97 Å². The quantitative estimate of drug-likeness (QED) is 0.872. The van der Waals surface area contributed by atoms with Gasteiger partial charge in [0.05, 0.1) is 29.5 Å². The molecule has 19 heavy (non-hydrogen) atoms. The predicted molar refractivity (Wildman–Crippen MR) is 68.6 cm³/mol. The third kappa shape index (κ3) is 2.27. The van der Waals surface area contributed by atoms with Gasteiger partial charge in [-0.05, 0) is 18.2 Å². The Morgan fingerprint density at radius 2 is 2.26 bits per heavy atom. The maximum Gasteiger partial charge on any atom is 0.256 e. The van der Waals surface area contributed by atoms with Crippen LogP contribution in [-0.4, -0.2) is 16.6 Å². The first-order valence-electron chi connectivity index (χ1n) is 5.80. The lowest BCUT2D eigenvalue weighted by atomic mass is 10.1. The zero-order valence-corrected chi connectivity index (χ0v) is 10.6. The summed E-state index contributed by atoms with van der Waals surface area (Å²) in [6.45, 7) is 0.829. The molecule has 6 heteroatoms. The Morgan fingerprint density at radius 1 is 1.42 bits per heavy atom. The van der Waals surface area contributed by atoms with Crippen LogP contribution in [0.2, 0.25) is 5.02 Å². The summed E-state index contributed by atoms with van der Waals surface area (Å²) in [6.07, 6.45) is 0.598. The number of halogens is 2. The highest BCUT2D eigenvalue weighted by Crippen LogP contribution is 2.23. The van der Waals surface area contributed by atoms with Gasteiger partial charge in [-0.2, -0.15) is 0 Å². The highest BCUT2D eigenvalue weighted by Gasteiger charge is 2.16. The summed E-state index contributed by atoms with van der Waals surface area (Å²) >= 11 is 5.73. The van der Waals surface area contributed by atoms with E-state index in [0.29, 0.717) is 30.0 Å². The minimum atomic E-state index is -0.501. The maximum absolute atomic E-state index is 13.1. The van der Waals surface area contributed by atoms with E-state index in [9.17, 15) is 9.18 Å². The summed E-state index contributed by atoms with van der Waals surface area (Å²) < 4.78 is 18.4. The van der Waals surface area contributed by atoms with Gasteiger partial charge in [0.25, 0.3) is 5.56 Å². The molecule has 0 aliphatic carbocycles. The average Bonchev–Trinajstić information content (AvgIpc) is 2.42. The van der Waals surface area contributed by atoms with Gasteiger partial charge < -0.3 is 9.72 Å². The molecule has 0 saturated heterocycles. The second-order valence-corrected chi connectivity index (χ2v) is 4.68. The molecule has 1 aromatic heterocycles. The van der Waals surface area contributed by atoms with Gasteiger partial charge in [-0.3, -0.25) is 4.79 Å². The summed E-state index contributed by atoms with van der Waals surface area (Å²) in [4.78, 5) is 19.0. The zero-order chi connectivity index (χ0) is 13.4. The number of ether oxygens (including phenoxy) is 1. The molecular formula is C13H10ClFN2O2. The first-order chi connectivity index (χ1) is 9.15. The summed E-state index contributed by atoms with van der Waals surface area (Å²) in [5.41, 5.74) is 1.64. The van der Waals surface area contributed by atoms with Crippen LogP contribution in [-0.2, 0) is 17.8 Å². The van der Waals surface area contributed by atoms with Crippen molar-refractivity contribution in [2.24, 2.45) is 0 Å². The Labute approximate surface area is 113 Å². The molecule has 0 radical (unpaired) electrons. The standard InChI is InChI=1S/C13H10ClFN2O2/c14-9-5-7(1-2-10(9)15)12-16-11-3-4-19-6-8(11)13(18)17-12/h1-2,5H,3-4,6H2,(H,16,17,18). The zero-order valence-electron chi connectivity index (χ0n) is 9.87. The van der Waals surface area contributed by atoms with Crippen LogP contribution in [0.25, 0.3) is 11.4 Å². The topological polar surface area (TPSA) is 55.0 Å². The third-order valence-electron chi connectivity index (χ3n) is 3.02. The number of nitrogens with one attached hydrogen (secondary N) is 1. The molecule has 2 aromatic rings. The van der Waals surface area contributed by atoms with Crippen molar-refractivity contribution in [3.8, 4) is 11.4 Å². The lowest BCUT2D eigenvalue weighted by molar-refractivity contribution is 0.108. The van der Waals surface area contributed by atoms with Crippen molar-refractivity contribution in [2.45, 2.75) is 13.0 Å². The molecule has 1 N–H and O–H groups in total. The number of benzene rings is 1. The Balaban J connectivity index is 2.12. The van der Waals surface area contributed by atoms with Crippen molar-refractivity contribution in [3.63, 3.8) is 0 Å². The van der Waals surface area contributed by atoms with E-state index in [4.69, 9.17) is 16.3 Å². The molecule has 0 saturated carbocycles. The van der Waals surface area contributed by atoms with E-state index < -0.39 is 5.82 Å². The van der Waals surface area contributed by atoms with E-state index >= 15 is 0 Å². The first-order valence-corrected chi connectivity index (χ1v) is 6.18. The number of H-pyrrole nitrogens is 1. The monoisotopic (exact) mass is 280 g/mol. The van der Waals surface area contributed by atoms with Gasteiger partial charge in [-0.15, -0.1) is 0 Å². The summed E-state index contributed by atoms with van der Waals surface area (Å²) in [7, 11) is 0. The normalized spacial score (nSPS) is 14.2. The van der Waals surface area contributed by atoms with Crippen LogP contribution < -0.4 is 5.56 Å². The van der Waals surface area contributed by atoms with Crippen molar-refractivity contribution in [2.75, 3.05) is 6.61 Å². The molecule has 0 amide bonds. The third-order valence-corrected chi connectivity index (χ3v) is 3.31. The molecule has 0 atom stereocenters. The van der Waals surface area contributed by atoms with E-state index in [1.165, 1.54) is 18.2 Å². The maximum atomic E-state index is 13.1. The fourth-order valence-electron chi connectivity index (χ4n) is 2.02. The number of aromatic nitrogens is 2. The Hall–Kier alpha value is -1.72. The minimum absolute atomic E-state index is 0.00111. The highest BCUT2D eigenvalue weighted by molar-refractivity contribution is 6.31. The van der Waals surface area contributed by atoms with Crippen LogP contribution in [0.1, 0.15) is 11.3 Å². The molecule has 4 nitrogen and oxygen atoms in total. The van der Waals surface area contributed by atoms with E-state index in [2.05, 4.69) is 9.97 Å². The van der Waals surface area contributed by atoms with Gasteiger partial charge in [0, 0.05) is 12.0 Å². The number of aromatic amines is 1. The van der Waals surface area contributed by atoms with Crippen LogP contribution in [0, 0.1) is 5.82 Å². The minimum Gasteiger partial charge on any atom is -0.376 e. The number of nitrogens with zero attached hydrogens (tertiary/aromatic N) is 1. The Kier molecular flexibility index (Phi) is 3.08. The fraction of sp³-hybridized carbons (Fsp3) is 0.231. The van der Waals surface area contributed by atoms with E-state index in [-0.39, 0.29) is 17.2 Å². The largest absolute Gasteiger partial charge is 0.376 e. The lowest BCUT2D eigenvalue weighted by Gasteiger charge is -2.15. The average molecular weight is 281 g/mol. The van der Waals surface area contributed by atoms with Gasteiger partial charge in [0.2, 0.25) is 0 Å². The molecule has 2 heterocycles. The van der Waals surface area contributed by atoms with Crippen molar-refractivity contribution < 1.29 is 9.13 Å². The van der Waals surface area contributed by atoms with E-state index in [0.717, 1.165) is 5.69 Å². The molecule has 98 valence electrons. The Morgan fingerprint density at radius 3 is 3.05 bits per heavy atom. The van der Waals surface area contributed by atoms with E-state index in [1.807, 2.05) is 0 Å². The fourth-order valence-corrected chi connectivity index (χ4v) is 2.20. The van der Waals surface area contributed by atoms with Crippen LogP contribution in [0.3, 0.4) is 0 Å². The van der Waals surface area contributed by atoms with Crippen molar-refractivity contribution in [1.29, 1.82) is 0 Å². The molecule has 0 bridgehead atoms. The second-order valence-electron chi connectivity index (χ2n) is 4.27. The van der Waals surface area contributed by atoms with Crippen LogP contribution in [0.15, 0.2) is 23.0 Å². The molecule has 0 spiro atoms. The van der Waals surface area contributed by atoms with Gasteiger partial charge in [-0.1, -0.05) is 11.6 Å². The van der Waals surface area contributed by atoms with Gasteiger partial charge in [0.1, 0.15) is 11.6 Å². The van der Waals surface area contributed by atoms with Crippen LogP contribution >= 0.6 is 11.6 Å². The lowest BCUT2D eigenvalue weighted by Crippen LogP contribution is -2.24. The molecule has 1 aliphatic heterocycles. The van der Waals surface area contributed by atoms with E-state index in [1.54, 1.807) is 0 Å². The summed E-state index contributed by atoms with van der Waals surface area (Å²) in [6, 6.07) is 4.23. The first kappa shape index (κ1) is 12.3. The molecule has 3 rings (SSSR count). The van der Waals surface area contributed by atoms with Gasteiger partial charge in [0.15, 0.2) is 0 Å². The van der Waals surface area contributed by atoms with Gasteiger partial charge >= 0.3 is 0 Å². The van der Waals surface area contributed by atoms with Gasteiger partial charge in [-0.25, -0.2) is 9.37 Å². The molecule has 0 unspecified atom stereocenters. The Bertz CT molecular complexity index is 700. The molecule has 0 fully saturated rings. The van der Waals surface area contributed by atoms with Crippen molar-refractivity contribution in [3.05, 3.63) is 50.7 Å². The highest BCUT2D eigenvalue weighted by atomic mass is 35.5. The SMILES string of the molecule is O=c1[nH]c(-c2ccc(F)c(Cl)c2)nc2c1COCC2. The smallest absolute Gasteiger partial charge is 0.256 e. The summed E-state index contributed by atoms with van der Waals surface area (Å²) in [5, 5.41) is 0.00111. The number of fused-ring (bicyclic) bond motifs is 1. The predicted octanol–water partition coefficient (Wildman–Crippen LogP) is 2.30. The molecule has 1 aliphatic rings. The van der Waals surface area contributed by atoms with Crippen molar-refractivity contribution >= 4 is 11.6 Å². The second kappa shape index (κ2) is 4.75. The van der Waals surface area contributed by atoms with Crippen LogP contribution in [0.5, 0.6) is 0 Å². The molecule has 1 aromatic carbocycles. The number of rotatable bonds is 1. The summed E-state index contributed by atoms with van der Waals surface area (Å²) in [5.74, 6) is -0.105. The number of hydrogen-bond acceptors (Lipinski definition) is 3. The van der Waals surface area contributed by atoms with Crippen LogP contribution in [0.4, 0.5) is 4.39 Å².